The highest BCUT2D eigenvalue weighted by molar-refractivity contribution is 5.96. The van der Waals surface area contributed by atoms with E-state index >= 15 is 0 Å². The molecule has 106 valence electrons. The molecule has 0 aromatic heterocycles. The zero-order valence-electron chi connectivity index (χ0n) is 12.7. The van der Waals surface area contributed by atoms with Crippen molar-refractivity contribution >= 4 is 17.3 Å². The maximum atomic E-state index is 11.7. The number of nitrogen functional groups attached to an aromatic ring is 1. The van der Waals surface area contributed by atoms with Crippen LogP contribution in [0.4, 0.5) is 11.4 Å². The van der Waals surface area contributed by atoms with E-state index in [-0.39, 0.29) is 5.41 Å². The summed E-state index contributed by atoms with van der Waals surface area (Å²) in [6.45, 7) is 8.72. The van der Waals surface area contributed by atoms with E-state index in [1.165, 1.54) is 7.11 Å². The average Bonchev–Trinajstić information content (AvgIpc) is 2.35. The van der Waals surface area contributed by atoms with Crippen molar-refractivity contribution in [2.45, 2.75) is 33.7 Å². The van der Waals surface area contributed by atoms with Crippen molar-refractivity contribution < 1.29 is 9.53 Å². The lowest BCUT2D eigenvalue weighted by atomic mass is 9.87. The number of methoxy groups -OCH3 is 1. The molecule has 1 rings (SSSR count). The second-order valence-corrected chi connectivity index (χ2v) is 5.92. The summed E-state index contributed by atoms with van der Waals surface area (Å²) in [5.41, 5.74) is 7.75. The molecule has 4 heteroatoms. The monoisotopic (exact) mass is 264 g/mol. The van der Waals surface area contributed by atoms with Crippen LogP contribution < -0.4 is 10.6 Å². The first-order valence-corrected chi connectivity index (χ1v) is 6.39. The minimum atomic E-state index is -0.406. The third-order valence-electron chi connectivity index (χ3n) is 3.68. The van der Waals surface area contributed by atoms with Gasteiger partial charge in [0.25, 0.3) is 0 Å². The molecule has 0 bridgehead atoms. The van der Waals surface area contributed by atoms with Crippen LogP contribution in [-0.4, -0.2) is 26.2 Å². The Hall–Kier alpha value is -1.71. The second-order valence-electron chi connectivity index (χ2n) is 5.92. The predicted molar refractivity (Wildman–Crippen MR) is 79.5 cm³/mol. The van der Waals surface area contributed by atoms with Crippen LogP contribution in [0, 0.1) is 5.41 Å². The quantitative estimate of drug-likeness (QED) is 0.673. The number of nitrogens with two attached hydrogens (primary N) is 1. The number of anilines is 2. The smallest absolute Gasteiger partial charge is 0.340 e. The van der Waals surface area contributed by atoms with Crippen LogP contribution in [0.5, 0.6) is 0 Å². The van der Waals surface area contributed by atoms with E-state index in [0.29, 0.717) is 17.3 Å². The van der Waals surface area contributed by atoms with E-state index in [0.717, 1.165) is 5.69 Å². The first-order valence-electron chi connectivity index (χ1n) is 6.39. The van der Waals surface area contributed by atoms with E-state index in [2.05, 4.69) is 32.6 Å². The largest absolute Gasteiger partial charge is 0.465 e. The molecule has 0 radical (unpaired) electrons. The summed E-state index contributed by atoms with van der Waals surface area (Å²) in [6, 6.07) is 5.77. The van der Waals surface area contributed by atoms with Crippen LogP contribution in [0.1, 0.15) is 38.1 Å². The first-order chi connectivity index (χ1) is 8.68. The van der Waals surface area contributed by atoms with Crippen molar-refractivity contribution in [3.8, 4) is 0 Å². The number of rotatable bonds is 3. The fraction of sp³-hybridized carbons (Fsp3) is 0.533. The number of benzene rings is 1. The van der Waals surface area contributed by atoms with Gasteiger partial charge in [0.05, 0.1) is 12.7 Å². The zero-order valence-corrected chi connectivity index (χ0v) is 12.7. The van der Waals surface area contributed by atoms with E-state index in [4.69, 9.17) is 10.5 Å². The van der Waals surface area contributed by atoms with Crippen molar-refractivity contribution in [3.63, 3.8) is 0 Å². The van der Waals surface area contributed by atoms with Crippen molar-refractivity contribution in [2.75, 3.05) is 24.8 Å². The van der Waals surface area contributed by atoms with Crippen molar-refractivity contribution in [3.05, 3.63) is 23.8 Å². The summed E-state index contributed by atoms with van der Waals surface area (Å²) in [5.74, 6) is -0.406. The summed E-state index contributed by atoms with van der Waals surface area (Å²) in [7, 11) is 3.37. The Morgan fingerprint density at radius 1 is 1.37 bits per heavy atom. The molecule has 0 aliphatic rings. The van der Waals surface area contributed by atoms with Gasteiger partial charge in [0.15, 0.2) is 0 Å². The van der Waals surface area contributed by atoms with Gasteiger partial charge in [-0.15, -0.1) is 0 Å². The number of carbonyl (C=O) groups excluding carboxylic acids is 1. The van der Waals surface area contributed by atoms with Crippen LogP contribution in [0.25, 0.3) is 0 Å². The molecule has 0 aliphatic heterocycles. The second kappa shape index (κ2) is 5.51. The molecule has 0 saturated heterocycles. The highest BCUT2D eigenvalue weighted by Crippen LogP contribution is 2.29. The Labute approximate surface area is 115 Å². The predicted octanol–water partition coefficient (Wildman–Crippen LogP) is 2.93. The Morgan fingerprint density at radius 2 is 1.95 bits per heavy atom. The van der Waals surface area contributed by atoms with E-state index in [1.54, 1.807) is 12.1 Å². The van der Waals surface area contributed by atoms with Crippen LogP contribution in [0.15, 0.2) is 18.2 Å². The van der Waals surface area contributed by atoms with Gasteiger partial charge in [-0.1, -0.05) is 20.8 Å². The first kappa shape index (κ1) is 15.3. The van der Waals surface area contributed by atoms with Crippen molar-refractivity contribution in [2.24, 2.45) is 5.41 Å². The van der Waals surface area contributed by atoms with Crippen LogP contribution >= 0.6 is 0 Å². The van der Waals surface area contributed by atoms with Gasteiger partial charge in [-0.3, -0.25) is 0 Å². The highest BCUT2D eigenvalue weighted by Gasteiger charge is 2.24. The number of hydrogen-bond acceptors (Lipinski definition) is 4. The molecule has 19 heavy (non-hydrogen) atoms. The standard InChI is InChI=1S/C15H24N2O2/c1-10(15(2,3)4)17(5)11-7-8-13(16)12(9-11)14(18)19-6/h7-10H,16H2,1-6H3. The van der Waals surface area contributed by atoms with Gasteiger partial charge >= 0.3 is 5.97 Å². The van der Waals surface area contributed by atoms with E-state index in [1.807, 2.05) is 13.1 Å². The highest BCUT2D eigenvalue weighted by atomic mass is 16.5. The van der Waals surface area contributed by atoms with Gasteiger partial charge in [-0.05, 0) is 30.5 Å². The fourth-order valence-corrected chi connectivity index (χ4v) is 1.85. The molecule has 2 N–H and O–H groups in total. The SMILES string of the molecule is COC(=O)c1cc(N(C)C(C)C(C)(C)C)ccc1N. The number of ether oxygens (including phenoxy) is 1. The molecule has 1 aromatic rings. The molecule has 0 fully saturated rings. The molecular weight excluding hydrogens is 240 g/mol. The van der Waals surface area contributed by atoms with Gasteiger partial charge in [0.2, 0.25) is 0 Å². The van der Waals surface area contributed by atoms with E-state index in [9.17, 15) is 4.79 Å². The third-order valence-corrected chi connectivity index (χ3v) is 3.68. The maximum Gasteiger partial charge on any atom is 0.340 e. The van der Waals surface area contributed by atoms with Crippen molar-refractivity contribution in [1.29, 1.82) is 0 Å². The van der Waals surface area contributed by atoms with Gasteiger partial charge in [-0.25, -0.2) is 4.79 Å². The lowest BCUT2D eigenvalue weighted by molar-refractivity contribution is 0.0602. The van der Waals surface area contributed by atoms with Gasteiger partial charge < -0.3 is 15.4 Å². The molecule has 4 nitrogen and oxygen atoms in total. The molecule has 0 aliphatic carbocycles. The minimum Gasteiger partial charge on any atom is -0.465 e. The normalized spacial score (nSPS) is 12.9. The van der Waals surface area contributed by atoms with Crippen molar-refractivity contribution in [1.82, 2.24) is 0 Å². The number of carbonyl (C=O) groups is 1. The lowest BCUT2D eigenvalue weighted by Crippen LogP contribution is -2.39. The molecule has 0 spiro atoms. The number of nitrogens with zero attached hydrogens (tertiary/aromatic N) is 1. The van der Waals surface area contributed by atoms with Gasteiger partial charge in [0, 0.05) is 24.5 Å². The zero-order chi connectivity index (χ0) is 14.8. The maximum absolute atomic E-state index is 11.7. The Kier molecular flexibility index (Phi) is 4.45. The molecular formula is C15H24N2O2. The molecule has 1 aromatic carbocycles. The van der Waals surface area contributed by atoms with Gasteiger partial charge in [0.1, 0.15) is 0 Å². The fourth-order valence-electron chi connectivity index (χ4n) is 1.85. The summed E-state index contributed by atoms with van der Waals surface area (Å²) < 4.78 is 4.74. The molecule has 0 amide bonds. The van der Waals surface area contributed by atoms with Gasteiger partial charge in [-0.2, -0.15) is 0 Å². The summed E-state index contributed by atoms with van der Waals surface area (Å²) >= 11 is 0. The molecule has 0 heterocycles. The topological polar surface area (TPSA) is 55.6 Å². The summed E-state index contributed by atoms with van der Waals surface area (Å²) in [6.07, 6.45) is 0. The summed E-state index contributed by atoms with van der Waals surface area (Å²) in [4.78, 5) is 13.8. The van der Waals surface area contributed by atoms with E-state index < -0.39 is 5.97 Å². The molecule has 0 saturated carbocycles. The minimum absolute atomic E-state index is 0.140. The van der Waals surface area contributed by atoms with Crippen LogP contribution in [0.3, 0.4) is 0 Å². The Morgan fingerprint density at radius 3 is 2.42 bits per heavy atom. The average molecular weight is 264 g/mol. The Bertz CT molecular complexity index is 464. The number of hydrogen-bond donors (Lipinski definition) is 1. The molecule has 1 unspecified atom stereocenters. The number of esters is 1. The third kappa shape index (κ3) is 3.40. The van der Waals surface area contributed by atoms with Crippen LogP contribution in [0.2, 0.25) is 0 Å². The molecule has 1 atom stereocenters. The van der Waals surface area contributed by atoms with Crippen LogP contribution in [-0.2, 0) is 4.74 Å². The Balaban J connectivity index is 3.12. The summed E-state index contributed by atoms with van der Waals surface area (Å²) in [5, 5.41) is 0. The lowest BCUT2D eigenvalue weighted by Gasteiger charge is -2.37.